The minimum atomic E-state index is 0.703. The van der Waals surface area contributed by atoms with Crippen molar-refractivity contribution in [1.82, 2.24) is 0 Å². The molecular weight excluding hydrogens is 171 g/mol. The third-order valence-electron chi connectivity index (χ3n) is 1.63. The Labute approximate surface area is 74.7 Å². The second-order valence-corrected chi connectivity index (χ2v) is 3.23. The van der Waals surface area contributed by atoms with Gasteiger partial charge in [-0.1, -0.05) is 12.1 Å². The van der Waals surface area contributed by atoms with E-state index in [0.717, 1.165) is 10.1 Å². The van der Waals surface area contributed by atoms with Crippen LogP contribution in [0.1, 0.15) is 0 Å². The molecule has 0 fully saturated rings. The molecule has 2 rings (SSSR count). The summed E-state index contributed by atoms with van der Waals surface area (Å²) in [5.41, 5.74) is 0. The van der Waals surface area contributed by atoms with Gasteiger partial charge >= 0.3 is 7.69 Å². The number of hydrogen-bond donors (Lipinski definition) is 1. The van der Waals surface area contributed by atoms with Gasteiger partial charge in [-0.05, 0) is 12.1 Å². The average molecular weight is 177 g/mol. The van der Waals surface area contributed by atoms with Crippen LogP contribution >= 0.6 is 11.3 Å². The molecule has 2 nitrogen and oxygen atoms in total. The molecule has 0 saturated carbocycles. The number of hydrogen-bond acceptors (Lipinski definition) is 3. The first-order valence-electron chi connectivity index (χ1n) is 3.50. The van der Waals surface area contributed by atoms with Gasteiger partial charge in [-0.25, -0.2) is 0 Å². The van der Waals surface area contributed by atoms with E-state index in [1.54, 1.807) is 11.3 Å². The van der Waals surface area contributed by atoms with E-state index in [4.69, 9.17) is 9.68 Å². The summed E-state index contributed by atoms with van der Waals surface area (Å²) in [6.45, 7) is 0. The monoisotopic (exact) mass is 177 g/mol. The molecule has 0 aliphatic carbocycles. The van der Waals surface area contributed by atoms with E-state index < -0.39 is 0 Å². The van der Waals surface area contributed by atoms with E-state index in [1.807, 2.05) is 29.6 Å². The zero-order valence-corrected chi connectivity index (χ0v) is 7.04. The zero-order chi connectivity index (χ0) is 8.39. The van der Waals surface area contributed by atoms with Crippen LogP contribution in [-0.2, 0) is 0 Å². The summed E-state index contributed by atoms with van der Waals surface area (Å²) in [5, 5.41) is 11.4. The highest BCUT2D eigenvalue weighted by Crippen LogP contribution is 2.31. The Kier molecular flexibility index (Phi) is 2.02. The van der Waals surface area contributed by atoms with Crippen molar-refractivity contribution in [3.8, 4) is 5.75 Å². The summed E-state index contributed by atoms with van der Waals surface area (Å²) in [7, 11) is 0.703. The van der Waals surface area contributed by atoms with Crippen LogP contribution in [0, 0.1) is 0 Å². The van der Waals surface area contributed by atoms with Crippen molar-refractivity contribution >= 4 is 29.1 Å². The normalized spacial score (nSPS) is 10.1. The van der Waals surface area contributed by atoms with E-state index in [0.29, 0.717) is 13.4 Å². The maximum absolute atomic E-state index is 8.45. The predicted octanol–water partition coefficient (Wildman–Crippen LogP) is 1.81. The Hall–Kier alpha value is -0.995. The SMILES string of the molecule is O[B]Oc1csc2ccccc12. The van der Waals surface area contributed by atoms with E-state index in [2.05, 4.69) is 0 Å². The number of rotatable bonds is 2. The van der Waals surface area contributed by atoms with Crippen LogP contribution in [0.5, 0.6) is 5.75 Å². The molecule has 1 aromatic carbocycles. The Morgan fingerprint density at radius 2 is 2.17 bits per heavy atom. The van der Waals surface area contributed by atoms with Gasteiger partial charge in [-0.15, -0.1) is 11.3 Å². The van der Waals surface area contributed by atoms with Crippen molar-refractivity contribution in [2.45, 2.75) is 0 Å². The van der Waals surface area contributed by atoms with E-state index in [9.17, 15) is 0 Å². The molecule has 0 aliphatic rings. The fourth-order valence-corrected chi connectivity index (χ4v) is 1.97. The maximum Gasteiger partial charge on any atom is 0.569 e. The summed E-state index contributed by atoms with van der Waals surface area (Å²) in [4.78, 5) is 0. The predicted molar refractivity (Wildman–Crippen MR) is 50.4 cm³/mol. The standard InChI is InChI=1S/C8H6BO2S/c10-9-11-7-5-12-8-4-2-1-3-6(7)8/h1-5,10H. The summed E-state index contributed by atoms with van der Waals surface area (Å²) >= 11 is 1.60. The van der Waals surface area contributed by atoms with Crippen LogP contribution < -0.4 is 4.65 Å². The molecule has 0 spiro atoms. The van der Waals surface area contributed by atoms with Crippen molar-refractivity contribution in [1.29, 1.82) is 0 Å². The van der Waals surface area contributed by atoms with E-state index in [1.165, 1.54) is 0 Å². The van der Waals surface area contributed by atoms with Crippen LogP contribution in [0.25, 0.3) is 10.1 Å². The lowest BCUT2D eigenvalue weighted by Gasteiger charge is -1.96. The van der Waals surface area contributed by atoms with Crippen LogP contribution in [0.15, 0.2) is 29.6 Å². The first-order chi connectivity index (χ1) is 5.92. The Morgan fingerprint density at radius 3 is 3.00 bits per heavy atom. The molecule has 0 bridgehead atoms. The van der Waals surface area contributed by atoms with Gasteiger partial charge in [0.1, 0.15) is 5.75 Å². The van der Waals surface area contributed by atoms with Crippen molar-refractivity contribution in [2.75, 3.05) is 0 Å². The lowest BCUT2D eigenvalue weighted by atomic mass is 10.2. The van der Waals surface area contributed by atoms with Gasteiger partial charge in [0, 0.05) is 15.5 Å². The molecule has 59 valence electrons. The second kappa shape index (κ2) is 3.17. The second-order valence-electron chi connectivity index (χ2n) is 2.32. The van der Waals surface area contributed by atoms with Gasteiger partial charge in [0.2, 0.25) is 0 Å². The lowest BCUT2D eigenvalue weighted by molar-refractivity contribution is 0.457. The summed E-state index contributed by atoms with van der Waals surface area (Å²) < 4.78 is 6.06. The molecule has 4 heteroatoms. The average Bonchev–Trinajstić information content (AvgIpc) is 2.50. The van der Waals surface area contributed by atoms with Crippen molar-refractivity contribution in [2.24, 2.45) is 0 Å². The quantitative estimate of drug-likeness (QED) is 0.708. The van der Waals surface area contributed by atoms with Gasteiger partial charge in [-0.3, -0.25) is 0 Å². The van der Waals surface area contributed by atoms with E-state index in [-0.39, 0.29) is 0 Å². The Morgan fingerprint density at radius 1 is 1.33 bits per heavy atom. The smallest absolute Gasteiger partial charge is 0.536 e. The van der Waals surface area contributed by atoms with Gasteiger partial charge < -0.3 is 9.68 Å². The van der Waals surface area contributed by atoms with Crippen LogP contribution in [0.4, 0.5) is 0 Å². The molecule has 0 saturated heterocycles. The summed E-state index contributed by atoms with van der Waals surface area (Å²) in [6.07, 6.45) is 0. The molecule has 1 aromatic heterocycles. The Balaban J connectivity index is 2.55. The molecule has 1 heterocycles. The van der Waals surface area contributed by atoms with Gasteiger partial charge in [0.15, 0.2) is 0 Å². The fourth-order valence-electron chi connectivity index (χ4n) is 1.10. The van der Waals surface area contributed by atoms with Crippen molar-refractivity contribution < 1.29 is 9.68 Å². The zero-order valence-electron chi connectivity index (χ0n) is 6.23. The summed E-state index contributed by atoms with van der Waals surface area (Å²) in [6, 6.07) is 7.90. The molecule has 1 N–H and O–H groups in total. The maximum atomic E-state index is 8.45. The molecule has 12 heavy (non-hydrogen) atoms. The molecule has 0 aliphatic heterocycles. The van der Waals surface area contributed by atoms with Gasteiger partial charge in [-0.2, -0.15) is 0 Å². The first-order valence-corrected chi connectivity index (χ1v) is 4.38. The number of fused-ring (bicyclic) bond motifs is 1. The molecule has 0 amide bonds. The fraction of sp³-hybridized carbons (Fsp3) is 0. The Bertz CT molecular complexity index is 385. The minimum absolute atomic E-state index is 0.703. The third-order valence-corrected chi connectivity index (χ3v) is 2.57. The highest BCUT2D eigenvalue weighted by Gasteiger charge is 2.03. The number of benzene rings is 1. The third kappa shape index (κ3) is 1.19. The van der Waals surface area contributed by atoms with Crippen LogP contribution in [0.2, 0.25) is 0 Å². The molecule has 0 atom stereocenters. The van der Waals surface area contributed by atoms with E-state index >= 15 is 0 Å². The van der Waals surface area contributed by atoms with Crippen LogP contribution in [-0.4, -0.2) is 12.7 Å². The molecular formula is C8H6BO2S. The highest BCUT2D eigenvalue weighted by molar-refractivity contribution is 7.17. The van der Waals surface area contributed by atoms with Crippen molar-refractivity contribution in [3.63, 3.8) is 0 Å². The van der Waals surface area contributed by atoms with Crippen LogP contribution in [0.3, 0.4) is 0 Å². The molecule has 2 aromatic rings. The highest BCUT2D eigenvalue weighted by atomic mass is 32.1. The topological polar surface area (TPSA) is 29.5 Å². The minimum Gasteiger partial charge on any atom is -0.536 e. The van der Waals surface area contributed by atoms with Gasteiger partial charge in [0.25, 0.3) is 0 Å². The lowest BCUT2D eigenvalue weighted by Crippen LogP contribution is -1.98. The number of thiophene rings is 1. The molecule has 0 unspecified atom stereocenters. The van der Waals surface area contributed by atoms with Gasteiger partial charge in [0.05, 0.1) is 0 Å². The largest absolute Gasteiger partial charge is 0.569 e. The summed E-state index contributed by atoms with van der Waals surface area (Å²) in [5.74, 6) is 0.707. The molecule has 1 radical (unpaired) electrons. The van der Waals surface area contributed by atoms with Crippen molar-refractivity contribution in [3.05, 3.63) is 29.6 Å². The first kappa shape index (κ1) is 7.64.